The molecule has 1 N–H and O–H groups in total. The number of benzene rings is 1. The Morgan fingerprint density at radius 2 is 2.08 bits per heavy atom. The van der Waals surface area contributed by atoms with Crippen LogP contribution in [-0.4, -0.2) is 41.1 Å². The Kier molecular flexibility index (Phi) is 4.74. The van der Waals surface area contributed by atoms with Crippen LogP contribution in [0.4, 0.5) is 0 Å². The molecule has 2 fully saturated rings. The number of carbonyl (C=O) groups is 1. The first-order chi connectivity index (χ1) is 12.1. The van der Waals surface area contributed by atoms with E-state index in [-0.39, 0.29) is 5.91 Å². The molecular weight excluding hydrogens is 334 g/mol. The molecule has 2 atom stereocenters. The lowest BCUT2D eigenvalue weighted by molar-refractivity contribution is 0.0574. The van der Waals surface area contributed by atoms with E-state index < -0.39 is 0 Å². The van der Waals surface area contributed by atoms with Crippen LogP contribution < -0.4 is 5.32 Å². The van der Waals surface area contributed by atoms with Crippen molar-refractivity contribution in [1.29, 1.82) is 0 Å². The number of carbonyl (C=O) groups excluding carboxylic acids is 1. The summed E-state index contributed by atoms with van der Waals surface area (Å²) in [6.45, 7) is 3.24. The van der Waals surface area contributed by atoms with E-state index in [1.165, 1.54) is 45.2 Å². The van der Waals surface area contributed by atoms with Gasteiger partial charge in [0.25, 0.3) is 5.91 Å². The van der Waals surface area contributed by atoms with Crippen LogP contribution in [0.5, 0.6) is 0 Å². The van der Waals surface area contributed by atoms with Crippen LogP contribution in [0.1, 0.15) is 42.6 Å². The summed E-state index contributed by atoms with van der Waals surface area (Å²) in [7, 11) is 1.93. The molecule has 0 spiro atoms. The van der Waals surface area contributed by atoms with E-state index in [0.717, 1.165) is 17.4 Å². The maximum absolute atomic E-state index is 12.8. The summed E-state index contributed by atoms with van der Waals surface area (Å²) in [6.07, 6.45) is 6.41. The van der Waals surface area contributed by atoms with Crippen LogP contribution in [0.25, 0.3) is 10.9 Å². The maximum atomic E-state index is 12.8. The van der Waals surface area contributed by atoms with Gasteiger partial charge in [0.1, 0.15) is 5.69 Å². The minimum Gasteiger partial charge on any atom is -0.350 e. The van der Waals surface area contributed by atoms with Gasteiger partial charge in [0, 0.05) is 35.6 Å². The van der Waals surface area contributed by atoms with Gasteiger partial charge in [0.15, 0.2) is 0 Å². The van der Waals surface area contributed by atoms with Crippen LogP contribution in [-0.2, 0) is 7.05 Å². The summed E-state index contributed by atoms with van der Waals surface area (Å²) in [5.74, 6) is 0.582. The number of aryl methyl sites for hydroxylation is 1. The van der Waals surface area contributed by atoms with Gasteiger partial charge in [-0.3, -0.25) is 4.79 Å². The second-order valence-electron chi connectivity index (χ2n) is 7.47. The molecule has 134 valence electrons. The zero-order valence-corrected chi connectivity index (χ0v) is 15.6. The second-order valence-corrected chi connectivity index (χ2v) is 7.88. The number of rotatable bonds is 3. The van der Waals surface area contributed by atoms with Crippen molar-refractivity contribution in [2.75, 3.05) is 19.6 Å². The summed E-state index contributed by atoms with van der Waals surface area (Å²) < 4.78 is 1.93. The number of nitrogens with one attached hydrogen (secondary N) is 1. The van der Waals surface area contributed by atoms with E-state index >= 15 is 0 Å². The molecule has 0 bridgehead atoms. The van der Waals surface area contributed by atoms with Gasteiger partial charge in [-0.25, -0.2) is 0 Å². The van der Waals surface area contributed by atoms with Crippen LogP contribution in [0, 0.1) is 5.92 Å². The standard InChI is InChI=1S/C20H26ClN3O/c1-23-18-9-4-7-16(21)15(18)12-19(23)20(25)22-13-14-6-5-11-24-10-3-2-8-17(14)24/h4,7,9,12,14,17H,2-3,5-6,8,10-11,13H2,1H3,(H,22,25)/t14-,17-/m0/s1. The van der Waals surface area contributed by atoms with Gasteiger partial charge in [-0.1, -0.05) is 24.1 Å². The number of aromatic nitrogens is 1. The molecule has 2 aliphatic heterocycles. The lowest BCUT2D eigenvalue weighted by atomic mass is 9.83. The number of nitrogens with zero attached hydrogens (tertiary/aromatic N) is 2. The van der Waals surface area contributed by atoms with E-state index in [1.807, 2.05) is 35.9 Å². The molecule has 2 aromatic rings. The third kappa shape index (κ3) is 3.18. The highest BCUT2D eigenvalue weighted by molar-refractivity contribution is 6.35. The maximum Gasteiger partial charge on any atom is 0.267 e. The average Bonchev–Trinajstić information content (AvgIpc) is 2.98. The Morgan fingerprint density at radius 1 is 1.24 bits per heavy atom. The lowest BCUT2D eigenvalue weighted by Gasteiger charge is -2.44. The Balaban J connectivity index is 1.47. The second kappa shape index (κ2) is 7.00. The minimum absolute atomic E-state index is 0.00250. The number of fused-ring (bicyclic) bond motifs is 2. The summed E-state index contributed by atoms with van der Waals surface area (Å²) in [4.78, 5) is 15.4. The molecule has 0 saturated carbocycles. The monoisotopic (exact) mass is 359 g/mol. The number of hydrogen-bond donors (Lipinski definition) is 1. The molecule has 0 radical (unpaired) electrons. The van der Waals surface area contributed by atoms with Gasteiger partial charge < -0.3 is 14.8 Å². The average molecular weight is 360 g/mol. The summed E-state index contributed by atoms with van der Waals surface area (Å²) in [5.41, 5.74) is 1.67. The van der Waals surface area contributed by atoms with Crippen molar-refractivity contribution in [1.82, 2.24) is 14.8 Å². The normalized spacial score (nSPS) is 24.2. The van der Waals surface area contributed by atoms with Gasteiger partial charge in [-0.15, -0.1) is 0 Å². The van der Waals surface area contributed by atoms with Crippen molar-refractivity contribution in [3.05, 3.63) is 35.0 Å². The minimum atomic E-state index is 0.00250. The van der Waals surface area contributed by atoms with E-state index in [9.17, 15) is 4.79 Å². The van der Waals surface area contributed by atoms with E-state index in [4.69, 9.17) is 11.6 Å². The van der Waals surface area contributed by atoms with E-state index in [0.29, 0.717) is 22.7 Å². The first-order valence-electron chi connectivity index (χ1n) is 9.41. The predicted octanol–water partition coefficient (Wildman–Crippen LogP) is 3.83. The van der Waals surface area contributed by atoms with Crippen molar-refractivity contribution in [2.45, 2.75) is 38.1 Å². The third-order valence-corrected chi connectivity index (χ3v) is 6.35. The summed E-state index contributed by atoms with van der Waals surface area (Å²) >= 11 is 6.27. The zero-order valence-electron chi connectivity index (χ0n) is 14.8. The van der Waals surface area contributed by atoms with Crippen molar-refractivity contribution >= 4 is 28.4 Å². The molecule has 0 aliphatic carbocycles. The van der Waals surface area contributed by atoms with Gasteiger partial charge in [-0.05, 0) is 62.9 Å². The van der Waals surface area contributed by atoms with Crippen LogP contribution >= 0.6 is 11.6 Å². The van der Waals surface area contributed by atoms with E-state index in [2.05, 4.69) is 10.2 Å². The Bertz CT molecular complexity index is 783. The van der Waals surface area contributed by atoms with Crippen LogP contribution in [0.3, 0.4) is 0 Å². The number of amides is 1. The fourth-order valence-electron chi connectivity index (χ4n) is 4.67. The molecule has 0 unspecified atom stereocenters. The van der Waals surface area contributed by atoms with Crippen molar-refractivity contribution < 1.29 is 4.79 Å². The summed E-state index contributed by atoms with van der Waals surface area (Å²) in [6, 6.07) is 8.35. The van der Waals surface area contributed by atoms with Crippen molar-refractivity contribution in [3.63, 3.8) is 0 Å². The smallest absolute Gasteiger partial charge is 0.267 e. The van der Waals surface area contributed by atoms with Crippen LogP contribution in [0.15, 0.2) is 24.3 Å². The Morgan fingerprint density at radius 3 is 2.92 bits per heavy atom. The molecule has 2 aliphatic rings. The number of piperidine rings is 2. The molecule has 3 heterocycles. The van der Waals surface area contributed by atoms with Gasteiger partial charge in [0.05, 0.1) is 0 Å². The highest BCUT2D eigenvalue weighted by Crippen LogP contribution is 2.31. The van der Waals surface area contributed by atoms with Crippen LogP contribution in [0.2, 0.25) is 5.02 Å². The first kappa shape index (κ1) is 16.9. The number of hydrogen-bond acceptors (Lipinski definition) is 2. The quantitative estimate of drug-likeness (QED) is 0.904. The Hall–Kier alpha value is -1.52. The highest BCUT2D eigenvalue weighted by Gasteiger charge is 2.33. The molecule has 25 heavy (non-hydrogen) atoms. The van der Waals surface area contributed by atoms with Gasteiger partial charge in [0.2, 0.25) is 0 Å². The SMILES string of the molecule is Cn1c(C(=O)NC[C@@H]2CCCN3CCCC[C@@H]23)cc2c(Cl)cccc21. The largest absolute Gasteiger partial charge is 0.350 e. The Labute approximate surface area is 154 Å². The molecule has 5 heteroatoms. The first-order valence-corrected chi connectivity index (χ1v) is 9.79. The molecule has 4 rings (SSSR count). The topological polar surface area (TPSA) is 37.3 Å². The molecular formula is C20H26ClN3O. The van der Waals surface area contributed by atoms with E-state index in [1.54, 1.807) is 0 Å². The number of halogens is 1. The molecule has 4 nitrogen and oxygen atoms in total. The predicted molar refractivity (Wildman–Crippen MR) is 102 cm³/mol. The molecule has 1 amide bonds. The highest BCUT2D eigenvalue weighted by atomic mass is 35.5. The van der Waals surface area contributed by atoms with Gasteiger partial charge >= 0.3 is 0 Å². The fraction of sp³-hybridized carbons (Fsp3) is 0.550. The van der Waals surface area contributed by atoms with Crippen molar-refractivity contribution in [3.8, 4) is 0 Å². The third-order valence-electron chi connectivity index (χ3n) is 6.02. The zero-order chi connectivity index (χ0) is 17.4. The fourth-order valence-corrected chi connectivity index (χ4v) is 4.90. The molecule has 2 saturated heterocycles. The summed E-state index contributed by atoms with van der Waals surface area (Å²) in [5, 5.41) is 4.82. The molecule has 1 aromatic carbocycles. The van der Waals surface area contributed by atoms with Gasteiger partial charge in [-0.2, -0.15) is 0 Å². The van der Waals surface area contributed by atoms with Crippen molar-refractivity contribution in [2.24, 2.45) is 13.0 Å². The molecule has 1 aromatic heterocycles. The lowest BCUT2D eigenvalue weighted by Crippen LogP contribution is -2.51.